The van der Waals surface area contributed by atoms with Gasteiger partial charge in [-0.25, -0.2) is 4.39 Å². The first-order valence-electron chi connectivity index (χ1n) is 9.37. The van der Waals surface area contributed by atoms with Crippen molar-refractivity contribution in [2.45, 2.75) is 43.6 Å². The molecular weight excluding hydrogens is 367 g/mol. The van der Waals surface area contributed by atoms with Crippen molar-refractivity contribution in [3.63, 3.8) is 0 Å². The summed E-state index contributed by atoms with van der Waals surface area (Å²) >= 11 is 5.31. The molecule has 1 amide bonds. The van der Waals surface area contributed by atoms with Gasteiger partial charge in [-0.2, -0.15) is 5.10 Å². The van der Waals surface area contributed by atoms with Crippen molar-refractivity contribution >= 4 is 18.1 Å². The minimum absolute atomic E-state index is 0.0413. The van der Waals surface area contributed by atoms with Gasteiger partial charge in [0, 0.05) is 32.2 Å². The van der Waals surface area contributed by atoms with Gasteiger partial charge in [-0.3, -0.25) is 9.89 Å². The molecule has 2 aromatic rings. The Bertz CT molecular complexity index is 867. The summed E-state index contributed by atoms with van der Waals surface area (Å²) in [5.74, 6) is 1.12. The number of aromatic nitrogens is 3. The Kier molecular flexibility index (Phi) is 5.10. The zero-order chi connectivity index (χ0) is 18.9. The van der Waals surface area contributed by atoms with Crippen LogP contribution in [0.5, 0.6) is 0 Å². The monoisotopic (exact) mass is 390 g/mol. The van der Waals surface area contributed by atoms with Crippen LogP contribution in [0.2, 0.25) is 0 Å². The molecule has 2 aliphatic rings. The molecule has 2 N–H and O–H groups in total. The molecule has 2 fully saturated rings. The summed E-state index contributed by atoms with van der Waals surface area (Å²) in [5.41, 5.74) is 0.159. The SMILES string of the molecule is O=C(NCCn1c(C2CC2)n[nH]c1=S)C1(c2ccc(F)cc2)CCOCC1. The third-order valence-electron chi connectivity index (χ3n) is 5.53. The lowest BCUT2D eigenvalue weighted by Gasteiger charge is -2.36. The largest absolute Gasteiger partial charge is 0.381 e. The van der Waals surface area contributed by atoms with E-state index < -0.39 is 5.41 Å². The van der Waals surface area contributed by atoms with E-state index in [0.717, 1.165) is 24.2 Å². The van der Waals surface area contributed by atoms with E-state index in [1.54, 1.807) is 12.1 Å². The lowest BCUT2D eigenvalue weighted by atomic mass is 9.73. The predicted molar refractivity (Wildman–Crippen MR) is 101 cm³/mol. The zero-order valence-corrected chi connectivity index (χ0v) is 15.9. The fourth-order valence-electron chi connectivity index (χ4n) is 3.79. The molecule has 0 spiro atoms. The lowest BCUT2D eigenvalue weighted by Crippen LogP contribution is -2.48. The second-order valence-electron chi connectivity index (χ2n) is 7.27. The molecule has 1 aliphatic heterocycles. The topological polar surface area (TPSA) is 71.9 Å². The van der Waals surface area contributed by atoms with Crippen LogP contribution in [0.15, 0.2) is 24.3 Å². The number of benzene rings is 1. The Balaban J connectivity index is 1.47. The molecule has 8 heteroatoms. The maximum atomic E-state index is 13.3. The van der Waals surface area contributed by atoms with E-state index in [1.807, 2.05) is 4.57 Å². The van der Waals surface area contributed by atoms with Crippen LogP contribution in [-0.4, -0.2) is 40.4 Å². The van der Waals surface area contributed by atoms with Gasteiger partial charge in [0.2, 0.25) is 5.91 Å². The summed E-state index contributed by atoms with van der Waals surface area (Å²) < 4.78 is 21.4. The molecule has 0 atom stereocenters. The van der Waals surface area contributed by atoms with Gasteiger partial charge in [0.25, 0.3) is 0 Å². The van der Waals surface area contributed by atoms with Crippen LogP contribution < -0.4 is 5.32 Å². The highest BCUT2D eigenvalue weighted by atomic mass is 32.1. The molecule has 0 unspecified atom stereocenters. The number of hydrogen-bond acceptors (Lipinski definition) is 4. The summed E-state index contributed by atoms with van der Waals surface area (Å²) in [7, 11) is 0. The van der Waals surface area contributed by atoms with Crippen molar-refractivity contribution in [3.05, 3.63) is 46.2 Å². The molecule has 4 rings (SSSR count). The van der Waals surface area contributed by atoms with Gasteiger partial charge in [-0.05, 0) is 55.6 Å². The van der Waals surface area contributed by atoms with Gasteiger partial charge < -0.3 is 14.6 Å². The Labute approximate surface area is 162 Å². The van der Waals surface area contributed by atoms with E-state index in [1.165, 1.54) is 12.1 Å². The molecular formula is C19H23FN4O2S. The minimum Gasteiger partial charge on any atom is -0.381 e. The van der Waals surface area contributed by atoms with Gasteiger partial charge in [0.1, 0.15) is 11.6 Å². The summed E-state index contributed by atoms with van der Waals surface area (Å²) in [4.78, 5) is 13.1. The third-order valence-corrected chi connectivity index (χ3v) is 5.84. The Morgan fingerprint density at radius 3 is 2.70 bits per heavy atom. The van der Waals surface area contributed by atoms with E-state index >= 15 is 0 Å². The highest BCUT2D eigenvalue weighted by Crippen LogP contribution is 2.39. The van der Waals surface area contributed by atoms with Gasteiger partial charge in [-0.15, -0.1) is 0 Å². The van der Waals surface area contributed by atoms with Crippen molar-refractivity contribution < 1.29 is 13.9 Å². The summed E-state index contributed by atoms with van der Waals surface area (Å²) in [5, 5.41) is 10.2. The van der Waals surface area contributed by atoms with E-state index in [9.17, 15) is 9.18 Å². The number of hydrogen-bond donors (Lipinski definition) is 2. The van der Waals surface area contributed by atoms with Crippen molar-refractivity contribution in [3.8, 4) is 0 Å². The average Bonchev–Trinajstić information content (AvgIpc) is 3.47. The number of carbonyl (C=O) groups is 1. The molecule has 1 aromatic heterocycles. The van der Waals surface area contributed by atoms with Crippen LogP contribution >= 0.6 is 12.2 Å². The van der Waals surface area contributed by atoms with Crippen LogP contribution in [0.3, 0.4) is 0 Å². The van der Waals surface area contributed by atoms with Crippen molar-refractivity contribution in [1.29, 1.82) is 0 Å². The third kappa shape index (κ3) is 3.68. The van der Waals surface area contributed by atoms with Crippen molar-refractivity contribution in [1.82, 2.24) is 20.1 Å². The molecule has 0 radical (unpaired) electrons. The van der Waals surface area contributed by atoms with Crippen LogP contribution in [0.25, 0.3) is 0 Å². The molecule has 144 valence electrons. The number of H-pyrrole nitrogens is 1. The van der Waals surface area contributed by atoms with Crippen LogP contribution in [0.1, 0.15) is 43.0 Å². The molecule has 6 nitrogen and oxygen atoms in total. The maximum Gasteiger partial charge on any atom is 0.230 e. The molecule has 1 aromatic carbocycles. The first kappa shape index (κ1) is 18.3. The van der Waals surface area contributed by atoms with E-state index in [2.05, 4.69) is 15.5 Å². The van der Waals surface area contributed by atoms with Crippen molar-refractivity contribution in [2.75, 3.05) is 19.8 Å². The first-order chi connectivity index (χ1) is 13.1. The Morgan fingerprint density at radius 1 is 1.33 bits per heavy atom. The highest BCUT2D eigenvalue weighted by molar-refractivity contribution is 7.71. The number of carbonyl (C=O) groups excluding carboxylic acids is 1. The number of halogens is 1. The standard InChI is InChI=1S/C19H23FN4O2S/c20-15-5-3-14(4-6-15)19(7-11-26-12-8-19)17(25)21-9-10-24-16(13-1-2-13)22-23-18(24)27/h3-6,13H,1-2,7-12H2,(H,21,25)(H,23,27). The predicted octanol–water partition coefficient (Wildman–Crippen LogP) is 2.82. The second-order valence-corrected chi connectivity index (χ2v) is 7.66. The zero-order valence-electron chi connectivity index (χ0n) is 15.0. The number of nitrogens with one attached hydrogen (secondary N) is 2. The van der Waals surface area contributed by atoms with E-state index in [4.69, 9.17) is 17.0 Å². The second kappa shape index (κ2) is 7.52. The Hall–Kier alpha value is -2.06. The smallest absolute Gasteiger partial charge is 0.230 e. The van der Waals surface area contributed by atoms with Crippen LogP contribution in [0.4, 0.5) is 4.39 Å². The lowest BCUT2D eigenvalue weighted by molar-refractivity contribution is -0.130. The van der Waals surface area contributed by atoms with Gasteiger partial charge in [0.05, 0.1) is 5.41 Å². The van der Waals surface area contributed by atoms with Crippen LogP contribution in [0, 0.1) is 10.6 Å². The molecule has 2 heterocycles. The fourth-order valence-corrected chi connectivity index (χ4v) is 4.02. The number of rotatable bonds is 6. The Morgan fingerprint density at radius 2 is 2.04 bits per heavy atom. The number of amides is 1. The molecule has 27 heavy (non-hydrogen) atoms. The highest BCUT2D eigenvalue weighted by Gasteiger charge is 2.41. The summed E-state index contributed by atoms with van der Waals surface area (Å²) in [6.45, 7) is 2.09. The molecule has 0 bridgehead atoms. The number of ether oxygens (including phenoxy) is 1. The normalized spacial score (nSPS) is 19.0. The van der Waals surface area contributed by atoms with Gasteiger partial charge >= 0.3 is 0 Å². The average molecular weight is 390 g/mol. The fraction of sp³-hybridized carbons (Fsp3) is 0.526. The molecule has 1 aliphatic carbocycles. The van der Waals surface area contributed by atoms with Gasteiger partial charge in [-0.1, -0.05) is 12.1 Å². The van der Waals surface area contributed by atoms with E-state index in [-0.39, 0.29) is 11.7 Å². The number of aromatic amines is 1. The van der Waals surface area contributed by atoms with E-state index in [0.29, 0.717) is 49.8 Å². The minimum atomic E-state index is -0.677. The maximum absolute atomic E-state index is 13.3. The van der Waals surface area contributed by atoms with Crippen molar-refractivity contribution in [2.24, 2.45) is 0 Å². The molecule has 1 saturated carbocycles. The number of nitrogens with zero attached hydrogens (tertiary/aromatic N) is 2. The summed E-state index contributed by atoms with van der Waals surface area (Å²) in [6.07, 6.45) is 3.45. The quantitative estimate of drug-likeness (QED) is 0.744. The summed E-state index contributed by atoms with van der Waals surface area (Å²) in [6, 6.07) is 6.23. The van der Waals surface area contributed by atoms with Gasteiger partial charge in [0.15, 0.2) is 4.77 Å². The molecule has 1 saturated heterocycles. The first-order valence-corrected chi connectivity index (χ1v) is 9.78. The van der Waals surface area contributed by atoms with Crippen LogP contribution in [-0.2, 0) is 21.5 Å².